The quantitative estimate of drug-likeness (QED) is 0.614. The molecule has 1 aliphatic rings. The van der Waals surface area contributed by atoms with Gasteiger partial charge >= 0.3 is 0 Å². The van der Waals surface area contributed by atoms with Crippen molar-refractivity contribution in [1.29, 1.82) is 0 Å². The van der Waals surface area contributed by atoms with Crippen LogP contribution >= 0.6 is 15.9 Å². The van der Waals surface area contributed by atoms with E-state index in [0.717, 1.165) is 23.0 Å². The van der Waals surface area contributed by atoms with E-state index in [0.29, 0.717) is 24.7 Å². The summed E-state index contributed by atoms with van der Waals surface area (Å²) >= 11 is 3.40. The predicted octanol–water partition coefficient (Wildman–Crippen LogP) is 4.08. The zero-order valence-corrected chi connectivity index (χ0v) is 18.4. The summed E-state index contributed by atoms with van der Waals surface area (Å²) in [6.45, 7) is 5.40. The average molecular weight is 446 g/mol. The Morgan fingerprint density at radius 1 is 1.18 bits per heavy atom. The number of amides is 2. The normalized spacial score (nSPS) is 13.6. The Labute approximate surface area is 175 Å². The molecule has 0 N–H and O–H groups in total. The van der Waals surface area contributed by atoms with Gasteiger partial charge in [0, 0.05) is 41.6 Å². The van der Waals surface area contributed by atoms with Crippen LogP contribution in [0.25, 0.3) is 0 Å². The molecule has 3 rings (SSSR count). The van der Waals surface area contributed by atoms with Gasteiger partial charge in [-0.3, -0.25) is 9.59 Å². The molecule has 1 fully saturated rings. The highest BCUT2D eigenvalue weighted by Crippen LogP contribution is 2.29. The SMILES string of the molecule is CC(C)CN(CC(=O)N(Cc1cccn1C)C1CC1)C(=O)c1ccc(Br)cc1. The lowest BCUT2D eigenvalue weighted by molar-refractivity contribution is -0.133. The Bertz CT molecular complexity index is 825. The van der Waals surface area contributed by atoms with Gasteiger partial charge in [-0.15, -0.1) is 0 Å². The zero-order chi connectivity index (χ0) is 20.3. The summed E-state index contributed by atoms with van der Waals surface area (Å²) in [5, 5.41) is 0. The van der Waals surface area contributed by atoms with Crippen molar-refractivity contribution in [3.63, 3.8) is 0 Å². The van der Waals surface area contributed by atoms with Crippen molar-refractivity contribution in [1.82, 2.24) is 14.4 Å². The van der Waals surface area contributed by atoms with Crippen LogP contribution in [0.4, 0.5) is 0 Å². The highest BCUT2D eigenvalue weighted by atomic mass is 79.9. The first kappa shape index (κ1) is 20.6. The summed E-state index contributed by atoms with van der Waals surface area (Å²) in [4.78, 5) is 29.8. The van der Waals surface area contributed by atoms with Gasteiger partial charge in [0.1, 0.15) is 6.54 Å². The average Bonchev–Trinajstić information content (AvgIpc) is 3.41. The van der Waals surface area contributed by atoms with Crippen LogP contribution < -0.4 is 0 Å². The van der Waals surface area contributed by atoms with Gasteiger partial charge in [-0.2, -0.15) is 0 Å². The number of halogens is 1. The van der Waals surface area contributed by atoms with Gasteiger partial charge in [-0.05, 0) is 55.2 Å². The molecule has 5 nitrogen and oxygen atoms in total. The Balaban J connectivity index is 1.74. The second-order valence-electron chi connectivity index (χ2n) is 7.95. The largest absolute Gasteiger partial charge is 0.353 e. The standard InChI is InChI=1S/C22H28BrN3O2/c1-16(2)13-25(22(28)17-6-8-18(23)9-7-17)15-21(27)26(19-10-11-19)14-20-5-4-12-24(20)3/h4-9,12,16,19H,10-11,13-15H2,1-3H3. The van der Waals surface area contributed by atoms with Crippen LogP contribution in [0, 0.1) is 5.92 Å². The van der Waals surface area contributed by atoms with E-state index in [1.54, 1.807) is 17.0 Å². The zero-order valence-electron chi connectivity index (χ0n) is 16.8. The third kappa shape index (κ3) is 5.25. The number of rotatable bonds is 8. The van der Waals surface area contributed by atoms with Gasteiger partial charge in [0.2, 0.25) is 5.91 Å². The maximum atomic E-state index is 13.2. The molecule has 150 valence electrons. The number of aromatic nitrogens is 1. The molecule has 2 amide bonds. The molecule has 1 saturated carbocycles. The molecule has 28 heavy (non-hydrogen) atoms. The number of hydrogen-bond donors (Lipinski definition) is 0. The monoisotopic (exact) mass is 445 g/mol. The minimum Gasteiger partial charge on any atom is -0.353 e. The van der Waals surface area contributed by atoms with Gasteiger partial charge in [-0.1, -0.05) is 29.8 Å². The molecular formula is C22H28BrN3O2. The molecule has 0 aliphatic heterocycles. The van der Waals surface area contributed by atoms with Gasteiger partial charge in [0.15, 0.2) is 0 Å². The van der Waals surface area contributed by atoms with Crippen LogP contribution in [-0.4, -0.2) is 45.3 Å². The molecule has 0 spiro atoms. The van der Waals surface area contributed by atoms with Gasteiger partial charge in [-0.25, -0.2) is 0 Å². The minimum absolute atomic E-state index is 0.0230. The Morgan fingerprint density at radius 3 is 2.39 bits per heavy atom. The van der Waals surface area contributed by atoms with Crippen molar-refractivity contribution in [2.24, 2.45) is 13.0 Å². The van der Waals surface area contributed by atoms with Gasteiger partial charge < -0.3 is 14.4 Å². The van der Waals surface area contributed by atoms with Crippen LogP contribution in [0.3, 0.4) is 0 Å². The van der Waals surface area contributed by atoms with Gasteiger partial charge in [0.05, 0.1) is 6.54 Å². The van der Waals surface area contributed by atoms with Crippen LogP contribution in [0.15, 0.2) is 47.1 Å². The summed E-state index contributed by atoms with van der Waals surface area (Å²) in [6, 6.07) is 11.6. The summed E-state index contributed by atoms with van der Waals surface area (Å²) < 4.78 is 2.97. The van der Waals surface area contributed by atoms with Crippen LogP contribution in [-0.2, 0) is 18.4 Å². The Kier molecular flexibility index (Phi) is 6.60. The van der Waals surface area contributed by atoms with Crippen LogP contribution in [0.1, 0.15) is 42.7 Å². The Hall–Kier alpha value is -2.08. The number of benzene rings is 1. The van der Waals surface area contributed by atoms with Crippen molar-refractivity contribution in [2.45, 2.75) is 39.3 Å². The molecule has 0 unspecified atom stereocenters. The van der Waals surface area contributed by atoms with Crippen molar-refractivity contribution in [3.05, 3.63) is 58.3 Å². The molecule has 2 aromatic rings. The number of hydrogen-bond acceptors (Lipinski definition) is 2. The molecular weight excluding hydrogens is 418 g/mol. The third-order valence-electron chi connectivity index (χ3n) is 4.98. The maximum absolute atomic E-state index is 13.2. The predicted molar refractivity (Wildman–Crippen MR) is 114 cm³/mol. The highest BCUT2D eigenvalue weighted by molar-refractivity contribution is 9.10. The summed E-state index contributed by atoms with van der Waals surface area (Å²) in [7, 11) is 1.99. The first-order valence-corrected chi connectivity index (χ1v) is 10.6. The van der Waals surface area contributed by atoms with Crippen molar-refractivity contribution >= 4 is 27.7 Å². The lowest BCUT2D eigenvalue weighted by Gasteiger charge is -2.29. The fraction of sp³-hybridized carbons (Fsp3) is 0.455. The molecule has 1 heterocycles. The fourth-order valence-corrected chi connectivity index (χ4v) is 3.60. The lowest BCUT2D eigenvalue weighted by atomic mass is 10.1. The molecule has 0 bridgehead atoms. The number of carbonyl (C=O) groups excluding carboxylic acids is 2. The second-order valence-corrected chi connectivity index (χ2v) is 8.87. The number of nitrogens with zero attached hydrogens (tertiary/aromatic N) is 3. The Morgan fingerprint density at radius 2 is 1.86 bits per heavy atom. The van der Waals surface area contributed by atoms with E-state index in [9.17, 15) is 9.59 Å². The van der Waals surface area contributed by atoms with Crippen molar-refractivity contribution in [2.75, 3.05) is 13.1 Å². The first-order valence-electron chi connectivity index (χ1n) is 9.79. The van der Waals surface area contributed by atoms with E-state index < -0.39 is 0 Å². The van der Waals surface area contributed by atoms with E-state index >= 15 is 0 Å². The molecule has 0 atom stereocenters. The lowest BCUT2D eigenvalue weighted by Crippen LogP contribution is -2.45. The van der Waals surface area contributed by atoms with Crippen LogP contribution in [0.5, 0.6) is 0 Å². The minimum atomic E-state index is -0.0934. The third-order valence-corrected chi connectivity index (χ3v) is 5.51. The second kappa shape index (κ2) is 8.95. The summed E-state index contributed by atoms with van der Waals surface area (Å²) in [5.74, 6) is 0.216. The smallest absolute Gasteiger partial charge is 0.254 e. The maximum Gasteiger partial charge on any atom is 0.254 e. The topological polar surface area (TPSA) is 45.6 Å². The van der Waals surface area contributed by atoms with Crippen molar-refractivity contribution < 1.29 is 9.59 Å². The first-order chi connectivity index (χ1) is 13.3. The number of aryl methyl sites for hydroxylation is 1. The summed E-state index contributed by atoms with van der Waals surface area (Å²) in [6.07, 6.45) is 4.08. The van der Waals surface area contributed by atoms with E-state index in [1.165, 1.54) is 0 Å². The molecule has 1 aliphatic carbocycles. The van der Waals surface area contributed by atoms with E-state index in [4.69, 9.17) is 0 Å². The molecule has 0 saturated heterocycles. The fourth-order valence-electron chi connectivity index (χ4n) is 3.33. The molecule has 6 heteroatoms. The number of carbonyl (C=O) groups is 2. The molecule has 1 aromatic heterocycles. The van der Waals surface area contributed by atoms with E-state index in [2.05, 4.69) is 29.8 Å². The van der Waals surface area contributed by atoms with E-state index in [1.807, 2.05) is 47.0 Å². The van der Waals surface area contributed by atoms with Gasteiger partial charge in [0.25, 0.3) is 5.91 Å². The van der Waals surface area contributed by atoms with Crippen LogP contribution in [0.2, 0.25) is 0 Å². The summed E-state index contributed by atoms with van der Waals surface area (Å²) in [5.41, 5.74) is 1.71. The highest BCUT2D eigenvalue weighted by Gasteiger charge is 2.34. The van der Waals surface area contributed by atoms with Crippen molar-refractivity contribution in [3.8, 4) is 0 Å². The van der Waals surface area contributed by atoms with E-state index in [-0.39, 0.29) is 24.3 Å². The molecule has 0 radical (unpaired) electrons. The molecule has 1 aromatic carbocycles.